The summed E-state index contributed by atoms with van der Waals surface area (Å²) in [5.41, 5.74) is 3.96. The molecular formula is C24H29ClN2O3S2. The third-order valence-corrected chi connectivity index (χ3v) is 10.2. The van der Waals surface area contributed by atoms with Gasteiger partial charge in [0.15, 0.2) is 0 Å². The second-order valence-corrected chi connectivity index (χ2v) is 12.7. The molecule has 5 rings (SSSR count). The van der Waals surface area contributed by atoms with Crippen LogP contribution >= 0.6 is 22.9 Å². The molecule has 0 amide bonds. The lowest BCUT2D eigenvalue weighted by atomic mass is 9.92. The van der Waals surface area contributed by atoms with Gasteiger partial charge in [0.2, 0.25) is 10.0 Å². The molecule has 1 aromatic carbocycles. The van der Waals surface area contributed by atoms with Crippen molar-refractivity contribution >= 4 is 39.0 Å². The zero-order valence-electron chi connectivity index (χ0n) is 18.0. The van der Waals surface area contributed by atoms with E-state index in [2.05, 4.69) is 40.0 Å². The highest BCUT2D eigenvalue weighted by Gasteiger charge is 2.41. The molecule has 1 N–H and O–H groups in total. The molecule has 0 unspecified atom stereocenters. The van der Waals surface area contributed by atoms with Gasteiger partial charge >= 0.3 is 0 Å². The highest BCUT2D eigenvalue weighted by Crippen LogP contribution is 2.41. The summed E-state index contributed by atoms with van der Waals surface area (Å²) in [6, 6.07) is 9.96. The number of hydrogen-bond acceptors (Lipinski definition) is 5. The van der Waals surface area contributed by atoms with Crippen molar-refractivity contribution in [1.29, 1.82) is 0 Å². The highest BCUT2D eigenvalue weighted by molar-refractivity contribution is 7.91. The number of ether oxygens (including phenoxy) is 1. The lowest BCUT2D eigenvalue weighted by Crippen LogP contribution is -2.41. The fourth-order valence-electron chi connectivity index (χ4n) is 5.33. The summed E-state index contributed by atoms with van der Waals surface area (Å²) in [4.78, 5) is 2.40. The van der Waals surface area contributed by atoms with Gasteiger partial charge in [0, 0.05) is 25.7 Å². The van der Waals surface area contributed by atoms with E-state index in [9.17, 15) is 8.42 Å². The minimum absolute atomic E-state index is 0.0198. The predicted octanol–water partition coefficient (Wildman–Crippen LogP) is 4.22. The van der Waals surface area contributed by atoms with Crippen LogP contribution in [0.4, 0.5) is 0 Å². The molecule has 0 radical (unpaired) electrons. The van der Waals surface area contributed by atoms with Gasteiger partial charge in [-0.1, -0.05) is 42.0 Å². The monoisotopic (exact) mass is 492 g/mol. The van der Waals surface area contributed by atoms with Crippen molar-refractivity contribution < 1.29 is 13.2 Å². The number of halogens is 1. The van der Waals surface area contributed by atoms with Crippen LogP contribution in [0.2, 0.25) is 4.34 Å². The molecule has 2 bridgehead atoms. The number of hydrogen-bond donors (Lipinski definition) is 1. The Kier molecular flexibility index (Phi) is 6.75. The normalized spacial score (nSPS) is 26.3. The van der Waals surface area contributed by atoms with E-state index >= 15 is 0 Å². The molecule has 1 saturated carbocycles. The van der Waals surface area contributed by atoms with Gasteiger partial charge in [0.05, 0.1) is 17.6 Å². The van der Waals surface area contributed by atoms with E-state index in [0.29, 0.717) is 20.4 Å². The van der Waals surface area contributed by atoms with E-state index in [1.54, 1.807) is 12.1 Å². The first-order valence-electron chi connectivity index (χ1n) is 11.3. The number of sulfonamides is 1. The van der Waals surface area contributed by atoms with Gasteiger partial charge in [-0.2, -0.15) is 0 Å². The molecular weight excluding hydrogens is 464 g/mol. The molecule has 2 fully saturated rings. The lowest BCUT2D eigenvalue weighted by molar-refractivity contribution is 0.0435. The molecule has 3 aliphatic rings. The van der Waals surface area contributed by atoms with Crippen LogP contribution in [0.25, 0.3) is 6.08 Å². The Morgan fingerprint density at radius 2 is 1.84 bits per heavy atom. The minimum Gasteiger partial charge on any atom is -0.379 e. The van der Waals surface area contributed by atoms with E-state index in [4.69, 9.17) is 16.3 Å². The smallest absolute Gasteiger partial charge is 0.250 e. The zero-order valence-corrected chi connectivity index (χ0v) is 20.4. The molecule has 8 heteroatoms. The van der Waals surface area contributed by atoms with E-state index in [-0.39, 0.29) is 6.04 Å². The highest BCUT2D eigenvalue weighted by atomic mass is 35.5. The maximum atomic E-state index is 12.9. The van der Waals surface area contributed by atoms with Crippen LogP contribution in [0.15, 0.2) is 40.6 Å². The molecule has 32 heavy (non-hydrogen) atoms. The molecule has 1 aromatic heterocycles. The summed E-state index contributed by atoms with van der Waals surface area (Å²) in [7, 11) is -3.54. The number of nitrogens with one attached hydrogen (secondary N) is 1. The number of fused-ring (bicyclic) bond motifs is 3. The van der Waals surface area contributed by atoms with Crippen molar-refractivity contribution in [2.75, 3.05) is 32.8 Å². The van der Waals surface area contributed by atoms with E-state index in [0.717, 1.165) is 69.9 Å². The average Bonchev–Trinajstić information content (AvgIpc) is 3.33. The molecule has 5 nitrogen and oxygen atoms in total. The zero-order chi connectivity index (χ0) is 22.1. The fourth-order valence-corrected chi connectivity index (χ4v) is 8.20. The predicted molar refractivity (Wildman–Crippen MR) is 130 cm³/mol. The van der Waals surface area contributed by atoms with Gasteiger partial charge < -0.3 is 4.74 Å². The molecule has 1 saturated heterocycles. The quantitative estimate of drug-likeness (QED) is 0.656. The summed E-state index contributed by atoms with van der Waals surface area (Å²) in [5, 5.41) is 0. The summed E-state index contributed by atoms with van der Waals surface area (Å²) in [6.45, 7) is 4.57. The Hall–Kier alpha value is -1.22. The van der Waals surface area contributed by atoms with Gasteiger partial charge in [-0.3, -0.25) is 4.90 Å². The number of benzene rings is 1. The SMILES string of the molecule is O=S(=O)(N[C@H]1[C@@H]2CC[C@H]1Cc1ccc(/C=C/CN3CCOCC3)cc1C2)c1ccc(Cl)s1. The molecule has 2 heterocycles. The molecule has 172 valence electrons. The summed E-state index contributed by atoms with van der Waals surface area (Å²) >= 11 is 7.09. The third-order valence-electron chi connectivity index (χ3n) is 7.00. The Bertz CT molecular complexity index is 1090. The number of thiophene rings is 1. The van der Waals surface area contributed by atoms with Gasteiger partial charge in [0.1, 0.15) is 4.21 Å². The van der Waals surface area contributed by atoms with Crippen molar-refractivity contribution in [1.82, 2.24) is 9.62 Å². The van der Waals surface area contributed by atoms with Crippen LogP contribution in [-0.2, 0) is 27.6 Å². The van der Waals surface area contributed by atoms with Crippen LogP contribution in [0.3, 0.4) is 0 Å². The summed E-state index contributed by atoms with van der Waals surface area (Å²) < 4.78 is 35.1. The molecule has 3 atom stereocenters. The first kappa shape index (κ1) is 22.6. The first-order chi connectivity index (χ1) is 15.5. The standard InChI is InChI=1S/C24H29ClN2O3S2/c25-22-7-8-23(31-22)32(28,29)26-24-19-5-6-20(24)16-21-14-17(3-4-18(21)15-19)2-1-9-27-10-12-30-13-11-27/h1-4,7-8,14,19-20,24,26H,5-6,9-13,15-16H2/b2-1+/t19-,20+,24+/m0/s1. The number of rotatable bonds is 6. The number of morpholine rings is 1. The topological polar surface area (TPSA) is 58.6 Å². The second-order valence-electron chi connectivity index (χ2n) is 9.05. The Balaban J connectivity index is 1.28. The Morgan fingerprint density at radius 3 is 2.56 bits per heavy atom. The maximum absolute atomic E-state index is 12.9. The van der Waals surface area contributed by atoms with Crippen molar-refractivity contribution in [3.8, 4) is 0 Å². The van der Waals surface area contributed by atoms with Crippen LogP contribution in [0.5, 0.6) is 0 Å². The van der Waals surface area contributed by atoms with Crippen LogP contribution < -0.4 is 4.72 Å². The van der Waals surface area contributed by atoms with Crippen molar-refractivity contribution in [2.24, 2.45) is 11.8 Å². The summed E-state index contributed by atoms with van der Waals surface area (Å²) in [6.07, 6.45) is 8.44. The molecule has 0 spiro atoms. The van der Waals surface area contributed by atoms with Crippen molar-refractivity contribution in [3.63, 3.8) is 0 Å². The minimum atomic E-state index is -3.54. The second kappa shape index (κ2) is 9.57. The van der Waals surface area contributed by atoms with Crippen LogP contribution in [-0.4, -0.2) is 52.2 Å². The molecule has 2 aromatic rings. The fraction of sp³-hybridized carbons (Fsp3) is 0.500. The van der Waals surface area contributed by atoms with Gasteiger partial charge in [-0.15, -0.1) is 11.3 Å². The first-order valence-corrected chi connectivity index (χ1v) is 14.0. The lowest BCUT2D eigenvalue weighted by Gasteiger charge is -2.25. The maximum Gasteiger partial charge on any atom is 0.250 e. The average molecular weight is 493 g/mol. The number of nitrogens with zero attached hydrogens (tertiary/aromatic N) is 1. The van der Waals surface area contributed by atoms with Gasteiger partial charge in [0.25, 0.3) is 0 Å². The summed E-state index contributed by atoms with van der Waals surface area (Å²) in [5.74, 6) is 0.674. The van der Waals surface area contributed by atoms with E-state index in [1.807, 2.05) is 0 Å². The van der Waals surface area contributed by atoms with E-state index < -0.39 is 10.0 Å². The Labute approximate surface area is 199 Å². The third kappa shape index (κ3) is 4.98. The molecule has 1 aliphatic heterocycles. The van der Waals surface area contributed by atoms with Gasteiger partial charge in [-0.05, 0) is 66.3 Å². The van der Waals surface area contributed by atoms with Crippen LogP contribution in [0, 0.1) is 11.8 Å². The van der Waals surface area contributed by atoms with Gasteiger partial charge in [-0.25, -0.2) is 13.1 Å². The largest absolute Gasteiger partial charge is 0.379 e. The molecule has 2 aliphatic carbocycles. The Morgan fingerprint density at radius 1 is 1.09 bits per heavy atom. The van der Waals surface area contributed by atoms with Crippen molar-refractivity contribution in [2.45, 2.75) is 35.9 Å². The van der Waals surface area contributed by atoms with Crippen molar-refractivity contribution in [3.05, 3.63) is 57.4 Å². The van der Waals surface area contributed by atoms with E-state index in [1.165, 1.54) is 16.7 Å². The van der Waals surface area contributed by atoms with Crippen LogP contribution in [0.1, 0.15) is 29.5 Å².